The van der Waals surface area contributed by atoms with E-state index in [1.807, 2.05) is 25.1 Å². The van der Waals surface area contributed by atoms with Gasteiger partial charge >= 0.3 is 5.97 Å². The first-order valence-corrected chi connectivity index (χ1v) is 12.6. The molecular weight excluding hydrogens is 498 g/mol. The van der Waals surface area contributed by atoms with E-state index in [0.717, 1.165) is 35.9 Å². The number of primary amides is 1. The maximum Gasteiger partial charge on any atom is 0.354 e. The van der Waals surface area contributed by atoms with Gasteiger partial charge in [-0.15, -0.1) is 0 Å². The zero-order valence-corrected chi connectivity index (χ0v) is 21.9. The fourth-order valence-electron chi connectivity index (χ4n) is 4.18. The van der Waals surface area contributed by atoms with Crippen LogP contribution in [0.25, 0.3) is 10.9 Å². The number of aryl methyl sites for hydroxylation is 1. The van der Waals surface area contributed by atoms with Crippen molar-refractivity contribution in [3.8, 4) is 5.75 Å². The van der Waals surface area contributed by atoms with Crippen LogP contribution in [0.2, 0.25) is 0 Å². The van der Waals surface area contributed by atoms with Crippen LogP contribution in [0.3, 0.4) is 0 Å². The molecule has 2 amide bonds. The predicted octanol–water partition coefficient (Wildman–Crippen LogP) is 4.86. The number of nitrogens with one attached hydrogen (secondary N) is 2. The number of esters is 1. The molecule has 0 aliphatic carbocycles. The lowest BCUT2D eigenvalue weighted by Crippen LogP contribution is -2.16. The Kier molecular flexibility index (Phi) is 8.96. The molecule has 4 aromatic rings. The molecule has 0 unspecified atom stereocenters. The lowest BCUT2D eigenvalue weighted by Gasteiger charge is -2.12. The van der Waals surface area contributed by atoms with E-state index >= 15 is 0 Å². The van der Waals surface area contributed by atoms with Gasteiger partial charge in [-0.05, 0) is 79.9 Å². The van der Waals surface area contributed by atoms with Crippen molar-refractivity contribution in [1.29, 1.82) is 0 Å². The Morgan fingerprint density at radius 2 is 1.77 bits per heavy atom. The first-order valence-electron chi connectivity index (χ1n) is 12.6. The van der Waals surface area contributed by atoms with Crippen molar-refractivity contribution in [2.45, 2.75) is 25.9 Å². The van der Waals surface area contributed by atoms with Crippen molar-refractivity contribution in [3.05, 3.63) is 95.2 Å². The second-order valence-electron chi connectivity index (χ2n) is 9.03. The molecule has 1 fully saturated rings. The van der Waals surface area contributed by atoms with Gasteiger partial charge in [0.1, 0.15) is 18.1 Å². The number of rotatable bonds is 7. The maximum absolute atomic E-state index is 12.6. The summed E-state index contributed by atoms with van der Waals surface area (Å²) in [5, 5.41) is 3.75. The van der Waals surface area contributed by atoms with E-state index in [1.54, 1.807) is 54.6 Å². The van der Waals surface area contributed by atoms with E-state index in [4.69, 9.17) is 19.9 Å². The molecule has 1 aliphatic heterocycles. The Morgan fingerprint density at radius 3 is 2.38 bits per heavy atom. The van der Waals surface area contributed by atoms with Crippen molar-refractivity contribution in [2.24, 2.45) is 5.73 Å². The molecule has 39 heavy (non-hydrogen) atoms. The van der Waals surface area contributed by atoms with Crippen molar-refractivity contribution in [3.63, 3.8) is 0 Å². The van der Waals surface area contributed by atoms with Crippen LogP contribution in [0.1, 0.15) is 49.6 Å². The predicted molar refractivity (Wildman–Crippen MR) is 148 cm³/mol. The Labute approximate surface area is 226 Å². The highest BCUT2D eigenvalue weighted by molar-refractivity contribution is 6.06. The summed E-state index contributed by atoms with van der Waals surface area (Å²) >= 11 is 0. The van der Waals surface area contributed by atoms with Crippen LogP contribution in [-0.4, -0.2) is 49.2 Å². The molecule has 0 bridgehead atoms. The third-order valence-electron chi connectivity index (χ3n) is 6.34. The van der Waals surface area contributed by atoms with E-state index in [1.165, 1.54) is 7.11 Å². The Hall–Kier alpha value is -4.63. The van der Waals surface area contributed by atoms with Crippen LogP contribution >= 0.6 is 0 Å². The van der Waals surface area contributed by atoms with Gasteiger partial charge in [-0.3, -0.25) is 9.59 Å². The molecule has 0 radical (unpaired) electrons. The fraction of sp³-hybridized carbons (Fsp3) is 0.233. The number of nitrogens with two attached hydrogens (primary N) is 1. The summed E-state index contributed by atoms with van der Waals surface area (Å²) in [7, 11) is 1.35. The van der Waals surface area contributed by atoms with Gasteiger partial charge in [0.2, 0.25) is 5.91 Å². The van der Waals surface area contributed by atoms with Gasteiger partial charge in [-0.1, -0.05) is 18.2 Å². The summed E-state index contributed by atoms with van der Waals surface area (Å²) in [6.45, 7) is 3.16. The molecule has 202 valence electrons. The number of methoxy groups -OCH3 is 1. The Balaban J connectivity index is 0.000000333. The number of ether oxygens (including phenoxy) is 3. The molecule has 0 spiro atoms. The zero-order chi connectivity index (χ0) is 27.8. The summed E-state index contributed by atoms with van der Waals surface area (Å²) in [5.41, 5.74) is 8.69. The van der Waals surface area contributed by atoms with Gasteiger partial charge in [0.25, 0.3) is 5.91 Å². The van der Waals surface area contributed by atoms with Gasteiger partial charge in [-0.2, -0.15) is 0 Å². The quantitative estimate of drug-likeness (QED) is 0.293. The van der Waals surface area contributed by atoms with Crippen molar-refractivity contribution >= 4 is 34.4 Å². The van der Waals surface area contributed by atoms with E-state index in [-0.39, 0.29) is 17.9 Å². The number of fused-ring (bicyclic) bond motifs is 1. The zero-order valence-electron chi connectivity index (χ0n) is 21.9. The van der Waals surface area contributed by atoms with Gasteiger partial charge < -0.3 is 30.2 Å². The topological polar surface area (TPSA) is 133 Å². The first-order chi connectivity index (χ1) is 18.9. The van der Waals surface area contributed by atoms with Gasteiger partial charge in [0, 0.05) is 34.3 Å². The third kappa shape index (κ3) is 7.03. The van der Waals surface area contributed by atoms with E-state index in [2.05, 4.69) is 10.3 Å². The Morgan fingerprint density at radius 1 is 1.03 bits per heavy atom. The molecule has 1 saturated heterocycles. The summed E-state index contributed by atoms with van der Waals surface area (Å²) < 4.78 is 16.1. The smallest absolute Gasteiger partial charge is 0.354 e. The number of carbonyl (C=O) groups excluding carboxylic acids is 3. The van der Waals surface area contributed by atoms with Crippen molar-refractivity contribution < 1.29 is 28.6 Å². The number of benzene rings is 3. The van der Waals surface area contributed by atoms with Crippen LogP contribution in [0.5, 0.6) is 5.75 Å². The minimum atomic E-state index is -0.420. The maximum atomic E-state index is 12.6. The van der Waals surface area contributed by atoms with Gasteiger partial charge in [-0.25, -0.2) is 4.79 Å². The minimum Gasteiger partial charge on any atom is -0.491 e. The molecule has 0 saturated carbocycles. The van der Waals surface area contributed by atoms with E-state index in [9.17, 15) is 14.4 Å². The molecule has 1 aliphatic rings. The molecule has 9 heteroatoms. The highest BCUT2D eigenvalue weighted by Crippen LogP contribution is 2.26. The van der Waals surface area contributed by atoms with Crippen molar-refractivity contribution in [2.75, 3.05) is 25.6 Å². The van der Waals surface area contributed by atoms with E-state index < -0.39 is 5.97 Å². The highest BCUT2D eigenvalue weighted by atomic mass is 16.5. The normalized spacial score (nSPS) is 14.3. The van der Waals surface area contributed by atoms with Crippen LogP contribution in [0, 0.1) is 6.92 Å². The minimum absolute atomic E-state index is 0.152. The lowest BCUT2D eigenvalue weighted by molar-refractivity contribution is 0.0594. The third-order valence-corrected chi connectivity index (χ3v) is 6.34. The summed E-state index contributed by atoms with van der Waals surface area (Å²) in [4.78, 5) is 38.0. The summed E-state index contributed by atoms with van der Waals surface area (Å²) in [5.74, 6) is -0.310. The molecule has 4 N–H and O–H groups in total. The first kappa shape index (κ1) is 27.4. The summed E-state index contributed by atoms with van der Waals surface area (Å²) in [6.07, 6.45) is 2.25. The van der Waals surface area contributed by atoms with Crippen LogP contribution < -0.4 is 15.8 Å². The largest absolute Gasteiger partial charge is 0.491 e. The number of aromatic nitrogens is 1. The number of carbonyl (C=O) groups is 3. The fourth-order valence-corrected chi connectivity index (χ4v) is 4.18. The number of H-pyrrole nitrogens is 1. The van der Waals surface area contributed by atoms with Crippen LogP contribution in [0.4, 0.5) is 5.69 Å². The van der Waals surface area contributed by atoms with Gasteiger partial charge in [0.05, 0.1) is 13.2 Å². The van der Waals surface area contributed by atoms with Crippen LogP contribution in [0.15, 0.2) is 72.8 Å². The molecule has 3 aromatic carbocycles. The number of amides is 2. The molecule has 5 rings (SSSR count). The number of aromatic amines is 1. The summed E-state index contributed by atoms with van der Waals surface area (Å²) in [6, 6.07) is 21.2. The lowest BCUT2D eigenvalue weighted by atomic mass is 10.1. The van der Waals surface area contributed by atoms with E-state index in [0.29, 0.717) is 34.9 Å². The average Bonchev–Trinajstić information content (AvgIpc) is 3.60. The molecule has 1 aromatic heterocycles. The molecule has 2 heterocycles. The van der Waals surface area contributed by atoms with Gasteiger partial charge in [0.15, 0.2) is 0 Å². The monoisotopic (exact) mass is 529 g/mol. The molecular formula is C30H31N3O6. The molecule has 1 atom stereocenters. The number of anilines is 1. The second kappa shape index (κ2) is 12.7. The standard InChI is InChI=1S/C23H24N2O5.C7H7NO/c1-14-19-12-16(7-10-20(19)25-21(14)23(27)28-2)24-22(26)15-5-8-17(9-6-15)30-13-18-4-3-11-29-18;8-7(9)6-4-2-1-3-5-6/h5-10,12,18,25H,3-4,11,13H2,1-2H3,(H,24,26);1-5H,(H2,8,9)/t18-;/m0./s1. The van der Waals surface area contributed by atoms with Crippen LogP contribution in [-0.2, 0) is 9.47 Å². The highest BCUT2D eigenvalue weighted by Gasteiger charge is 2.17. The Bertz CT molecular complexity index is 1440. The van der Waals surface area contributed by atoms with Crippen molar-refractivity contribution in [1.82, 2.24) is 4.98 Å². The average molecular weight is 530 g/mol. The SMILES string of the molecule is COC(=O)c1[nH]c2ccc(NC(=O)c3ccc(OC[C@@H]4CCCO4)cc3)cc2c1C.NC(=O)c1ccccc1. The number of hydrogen-bond donors (Lipinski definition) is 3. The molecule has 9 nitrogen and oxygen atoms in total. The number of hydrogen-bond acceptors (Lipinski definition) is 6. The second-order valence-corrected chi connectivity index (χ2v) is 9.03.